The molecule has 1 aliphatic rings. The fraction of sp³-hybridized carbons (Fsp3) is 0.360. The van der Waals surface area contributed by atoms with Crippen molar-refractivity contribution in [3.8, 4) is 11.3 Å². The second-order valence-electron chi connectivity index (χ2n) is 8.73. The van der Waals surface area contributed by atoms with Crippen LogP contribution in [0, 0.1) is 18.2 Å². The van der Waals surface area contributed by atoms with Crippen LogP contribution in [0.15, 0.2) is 36.9 Å². The number of halogens is 1. The maximum absolute atomic E-state index is 13.8. The SMILES string of the molecule is CNCCn1cc(-c2ccc(F)c(C)c2)nc1C1CCN(c2ncnc(N)c2/C(C=N)=C/N)CC1. The summed E-state index contributed by atoms with van der Waals surface area (Å²) in [7, 11) is 1.93. The molecular weight excluding hydrogens is 445 g/mol. The molecule has 3 heterocycles. The molecule has 9 nitrogen and oxygen atoms in total. The molecule has 0 radical (unpaired) electrons. The summed E-state index contributed by atoms with van der Waals surface area (Å²) in [5, 5.41) is 10.9. The topological polar surface area (TPSA) is 135 Å². The molecule has 0 spiro atoms. The molecule has 0 bridgehead atoms. The summed E-state index contributed by atoms with van der Waals surface area (Å²) in [5.74, 6) is 2.10. The first-order valence-electron chi connectivity index (χ1n) is 11.7. The van der Waals surface area contributed by atoms with Crippen LogP contribution in [-0.2, 0) is 6.54 Å². The number of likely N-dealkylation sites (N-methyl/N-ethyl adjacent to an activating group) is 1. The van der Waals surface area contributed by atoms with Crippen molar-refractivity contribution in [2.24, 2.45) is 5.73 Å². The average Bonchev–Trinajstić information content (AvgIpc) is 3.30. The summed E-state index contributed by atoms with van der Waals surface area (Å²) < 4.78 is 16.0. The van der Waals surface area contributed by atoms with Crippen molar-refractivity contribution in [2.75, 3.05) is 37.3 Å². The fourth-order valence-electron chi connectivity index (χ4n) is 4.57. The van der Waals surface area contributed by atoms with E-state index in [0.717, 1.165) is 56.1 Å². The summed E-state index contributed by atoms with van der Waals surface area (Å²) in [6.45, 7) is 4.91. The first kappa shape index (κ1) is 24.3. The van der Waals surface area contributed by atoms with Crippen molar-refractivity contribution in [1.29, 1.82) is 5.41 Å². The number of rotatable bonds is 8. The van der Waals surface area contributed by atoms with Crippen LogP contribution < -0.4 is 21.7 Å². The number of aromatic nitrogens is 4. The zero-order valence-electron chi connectivity index (χ0n) is 20.1. The summed E-state index contributed by atoms with van der Waals surface area (Å²) in [4.78, 5) is 15.7. The molecule has 3 aromatic rings. The highest BCUT2D eigenvalue weighted by Crippen LogP contribution is 2.35. The standard InChI is InChI=1S/C25H32FN9/c1-16-11-18(3-4-20(16)26)21-14-35(10-7-30-2)24(33-21)17-5-8-34(9-6-17)25-22(19(12-27)13-28)23(29)31-15-32-25/h3-4,11-15,17,27,30H,5-10,28H2,1-2H3,(H2,29,31,32)/b19-13+,27-12?. The zero-order valence-corrected chi connectivity index (χ0v) is 20.1. The van der Waals surface area contributed by atoms with E-state index in [9.17, 15) is 4.39 Å². The van der Waals surface area contributed by atoms with Gasteiger partial charge in [0.15, 0.2) is 0 Å². The van der Waals surface area contributed by atoms with Gasteiger partial charge in [0.25, 0.3) is 0 Å². The molecule has 0 unspecified atom stereocenters. The zero-order chi connectivity index (χ0) is 24.9. The molecule has 0 saturated carbocycles. The molecule has 1 fully saturated rings. The van der Waals surface area contributed by atoms with E-state index >= 15 is 0 Å². The van der Waals surface area contributed by atoms with Crippen LogP contribution in [-0.4, -0.2) is 52.4 Å². The Morgan fingerprint density at radius 2 is 2.06 bits per heavy atom. The van der Waals surface area contributed by atoms with Gasteiger partial charge in [-0.05, 0) is 50.6 Å². The van der Waals surface area contributed by atoms with Gasteiger partial charge < -0.3 is 31.7 Å². The molecule has 1 aromatic carbocycles. The number of hydrogen-bond acceptors (Lipinski definition) is 8. The van der Waals surface area contributed by atoms with Gasteiger partial charge in [-0.3, -0.25) is 0 Å². The van der Waals surface area contributed by atoms with E-state index in [1.165, 1.54) is 24.8 Å². The third-order valence-corrected chi connectivity index (χ3v) is 6.50. The second kappa shape index (κ2) is 10.6. The van der Waals surface area contributed by atoms with Gasteiger partial charge >= 0.3 is 0 Å². The normalized spacial score (nSPS) is 14.9. The number of nitrogens with one attached hydrogen (secondary N) is 2. The Bertz CT molecular complexity index is 1230. The van der Waals surface area contributed by atoms with Crippen LogP contribution in [0.2, 0.25) is 0 Å². The number of nitrogens with two attached hydrogens (primary N) is 2. The van der Waals surface area contributed by atoms with Gasteiger partial charge in [0.2, 0.25) is 0 Å². The Balaban J connectivity index is 1.59. The molecule has 1 aliphatic heterocycles. The maximum Gasteiger partial charge on any atom is 0.142 e. The van der Waals surface area contributed by atoms with Gasteiger partial charge in [-0.25, -0.2) is 19.3 Å². The number of nitrogen functional groups attached to an aromatic ring is 1. The second-order valence-corrected chi connectivity index (χ2v) is 8.73. The van der Waals surface area contributed by atoms with Crippen LogP contribution in [0.4, 0.5) is 16.0 Å². The minimum absolute atomic E-state index is 0.212. The van der Waals surface area contributed by atoms with E-state index in [4.69, 9.17) is 21.9 Å². The number of piperidine rings is 1. The van der Waals surface area contributed by atoms with E-state index in [0.29, 0.717) is 28.3 Å². The third kappa shape index (κ3) is 5.02. The van der Waals surface area contributed by atoms with Gasteiger partial charge in [0, 0.05) is 61.8 Å². The highest BCUT2D eigenvalue weighted by atomic mass is 19.1. The Hall–Kier alpha value is -3.79. The quantitative estimate of drug-likeness (QED) is 0.366. The van der Waals surface area contributed by atoms with Gasteiger partial charge in [0.05, 0.1) is 11.3 Å². The lowest BCUT2D eigenvalue weighted by atomic mass is 9.95. The molecule has 2 aromatic heterocycles. The number of imidazole rings is 1. The van der Waals surface area contributed by atoms with Gasteiger partial charge in [-0.2, -0.15) is 0 Å². The van der Waals surface area contributed by atoms with Crippen molar-refractivity contribution < 1.29 is 4.39 Å². The summed E-state index contributed by atoms with van der Waals surface area (Å²) in [5.41, 5.74) is 15.3. The first-order chi connectivity index (χ1) is 17.0. The van der Waals surface area contributed by atoms with Crippen LogP contribution in [0.3, 0.4) is 0 Å². The fourth-order valence-corrected chi connectivity index (χ4v) is 4.57. The molecule has 0 aliphatic carbocycles. The van der Waals surface area contributed by atoms with Crippen LogP contribution in [0.25, 0.3) is 16.8 Å². The number of hydrogen-bond donors (Lipinski definition) is 4. The molecule has 6 N–H and O–H groups in total. The number of benzene rings is 1. The lowest BCUT2D eigenvalue weighted by Gasteiger charge is -2.34. The number of nitrogens with zero attached hydrogens (tertiary/aromatic N) is 5. The number of anilines is 2. The van der Waals surface area contributed by atoms with E-state index < -0.39 is 0 Å². The lowest BCUT2D eigenvalue weighted by molar-refractivity contribution is 0.460. The molecular formula is C25H32FN9. The number of allylic oxidation sites excluding steroid dienone is 1. The smallest absolute Gasteiger partial charge is 0.142 e. The summed E-state index contributed by atoms with van der Waals surface area (Å²) in [6.07, 6.45) is 7.80. The van der Waals surface area contributed by atoms with Gasteiger partial charge in [0.1, 0.15) is 29.6 Å². The summed E-state index contributed by atoms with van der Waals surface area (Å²) in [6, 6.07) is 5.13. The van der Waals surface area contributed by atoms with Crippen molar-refractivity contribution in [3.05, 3.63) is 59.7 Å². The molecule has 10 heteroatoms. The van der Waals surface area contributed by atoms with E-state index in [2.05, 4.69) is 30.9 Å². The third-order valence-electron chi connectivity index (χ3n) is 6.50. The van der Waals surface area contributed by atoms with Crippen LogP contribution >= 0.6 is 0 Å². The number of aryl methyl sites for hydroxylation is 1. The highest BCUT2D eigenvalue weighted by molar-refractivity contribution is 6.12. The van der Waals surface area contributed by atoms with E-state index in [-0.39, 0.29) is 11.7 Å². The molecule has 4 rings (SSSR count). The minimum atomic E-state index is -0.212. The first-order valence-corrected chi connectivity index (χ1v) is 11.7. The summed E-state index contributed by atoms with van der Waals surface area (Å²) >= 11 is 0. The largest absolute Gasteiger partial charge is 0.404 e. The van der Waals surface area contributed by atoms with Crippen molar-refractivity contribution in [1.82, 2.24) is 24.8 Å². The van der Waals surface area contributed by atoms with E-state index in [1.807, 2.05) is 13.1 Å². The Kier molecular flexibility index (Phi) is 7.40. The Morgan fingerprint density at radius 1 is 1.29 bits per heavy atom. The molecule has 0 atom stereocenters. The van der Waals surface area contributed by atoms with Crippen LogP contribution in [0.1, 0.15) is 35.7 Å². The molecule has 0 amide bonds. The monoisotopic (exact) mass is 477 g/mol. The average molecular weight is 478 g/mol. The Morgan fingerprint density at radius 3 is 2.71 bits per heavy atom. The van der Waals surface area contributed by atoms with Gasteiger partial charge in [-0.15, -0.1) is 0 Å². The highest BCUT2D eigenvalue weighted by Gasteiger charge is 2.28. The maximum atomic E-state index is 13.8. The molecule has 35 heavy (non-hydrogen) atoms. The lowest BCUT2D eigenvalue weighted by Crippen LogP contribution is -2.35. The van der Waals surface area contributed by atoms with Crippen molar-refractivity contribution >= 4 is 23.4 Å². The van der Waals surface area contributed by atoms with Crippen molar-refractivity contribution in [2.45, 2.75) is 32.2 Å². The predicted molar refractivity (Wildman–Crippen MR) is 138 cm³/mol. The molecule has 1 saturated heterocycles. The molecule has 184 valence electrons. The van der Waals surface area contributed by atoms with E-state index in [1.54, 1.807) is 13.0 Å². The Labute approximate surface area is 204 Å². The van der Waals surface area contributed by atoms with Gasteiger partial charge in [-0.1, -0.05) is 0 Å². The van der Waals surface area contributed by atoms with Crippen LogP contribution in [0.5, 0.6) is 0 Å². The minimum Gasteiger partial charge on any atom is -0.404 e. The van der Waals surface area contributed by atoms with Crippen molar-refractivity contribution in [3.63, 3.8) is 0 Å². The predicted octanol–water partition coefficient (Wildman–Crippen LogP) is 2.92.